The number of likely N-dealkylation sites (N-methyl/N-ethyl adjacent to an activating group) is 1. The third kappa shape index (κ3) is 2.07. The molecule has 3 heteroatoms. The lowest BCUT2D eigenvalue weighted by atomic mass is 10.0. The first-order valence-electron chi connectivity index (χ1n) is 7.03. The predicted molar refractivity (Wildman–Crippen MR) is 77.6 cm³/mol. The number of nitrogens with zero attached hydrogens (tertiary/aromatic N) is 2. The second-order valence-corrected chi connectivity index (χ2v) is 5.69. The highest BCUT2D eigenvalue weighted by atomic mass is 15.2. The van der Waals surface area contributed by atoms with E-state index in [-0.39, 0.29) is 0 Å². The summed E-state index contributed by atoms with van der Waals surface area (Å²) in [6, 6.07) is 7.41. The van der Waals surface area contributed by atoms with Gasteiger partial charge >= 0.3 is 0 Å². The normalized spacial score (nSPS) is 23.1. The van der Waals surface area contributed by atoms with Crippen molar-refractivity contribution in [1.29, 1.82) is 0 Å². The van der Waals surface area contributed by atoms with Crippen molar-refractivity contribution in [1.82, 2.24) is 4.90 Å². The minimum absolute atomic E-state index is 0.706. The molecule has 1 atom stereocenters. The number of anilines is 2. The first kappa shape index (κ1) is 11.8. The van der Waals surface area contributed by atoms with Crippen LogP contribution in [0.2, 0.25) is 0 Å². The van der Waals surface area contributed by atoms with Crippen LogP contribution < -0.4 is 10.2 Å². The van der Waals surface area contributed by atoms with Crippen molar-refractivity contribution in [3.8, 4) is 0 Å². The van der Waals surface area contributed by atoms with Gasteiger partial charge in [-0.25, -0.2) is 0 Å². The lowest BCUT2D eigenvalue weighted by Gasteiger charge is -2.27. The van der Waals surface area contributed by atoms with E-state index < -0.39 is 0 Å². The smallest absolute Gasteiger partial charge is 0.0420 e. The zero-order valence-corrected chi connectivity index (χ0v) is 11.4. The van der Waals surface area contributed by atoms with E-state index >= 15 is 0 Å². The molecule has 2 aliphatic heterocycles. The maximum absolute atomic E-state index is 3.52. The van der Waals surface area contributed by atoms with E-state index in [9.17, 15) is 0 Å². The van der Waals surface area contributed by atoms with E-state index in [1.165, 1.54) is 49.3 Å². The Bertz CT molecular complexity index is 428. The molecule has 0 saturated carbocycles. The molecule has 2 heterocycles. The highest BCUT2D eigenvalue weighted by Crippen LogP contribution is 2.33. The Hall–Kier alpha value is -1.22. The average molecular weight is 245 g/mol. The van der Waals surface area contributed by atoms with Crippen LogP contribution in [0.4, 0.5) is 11.4 Å². The van der Waals surface area contributed by atoms with Crippen molar-refractivity contribution >= 4 is 11.4 Å². The van der Waals surface area contributed by atoms with Crippen molar-refractivity contribution in [3.05, 3.63) is 23.8 Å². The van der Waals surface area contributed by atoms with Gasteiger partial charge in [-0.2, -0.15) is 0 Å². The van der Waals surface area contributed by atoms with Gasteiger partial charge in [0.1, 0.15) is 0 Å². The fraction of sp³-hybridized carbons (Fsp3) is 0.600. The van der Waals surface area contributed by atoms with Crippen molar-refractivity contribution in [2.75, 3.05) is 43.9 Å². The van der Waals surface area contributed by atoms with Crippen LogP contribution >= 0.6 is 0 Å². The number of nitrogens with one attached hydrogen (secondary N) is 1. The minimum atomic E-state index is 0.706. The SMILES string of the molecule is CN(C)C1CCN(c2cccc3c2CCCN3)C1. The maximum atomic E-state index is 3.52. The second kappa shape index (κ2) is 4.81. The van der Waals surface area contributed by atoms with E-state index in [4.69, 9.17) is 0 Å². The molecule has 0 spiro atoms. The van der Waals surface area contributed by atoms with Crippen LogP contribution in [-0.4, -0.2) is 44.7 Å². The zero-order chi connectivity index (χ0) is 12.5. The Morgan fingerprint density at radius 1 is 1.33 bits per heavy atom. The van der Waals surface area contributed by atoms with Gasteiger partial charge < -0.3 is 15.1 Å². The summed E-state index contributed by atoms with van der Waals surface area (Å²) < 4.78 is 0. The highest BCUT2D eigenvalue weighted by Gasteiger charge is 2.26. The lowest BCUT2D eigenvalue weighted by molar-refractivity contribution is 0.315. The molecular formula is C15H23N3. The molecular weight excluding hydrogens is 222 g/mol. The molecule has 0 aliphatic carbocycles. The van der Waals surface area contributed by atoms with Crippen LogP contribution in [0.3, 0.4) is 0 Å². The molecule has 98 valence electrons. The molecule has 0 aromatic heterocycles. The number of rotatable bonds is 2. The van der Waals surface area contributed by atoms with Crippen LogP contribution in [0, 0.1) is 0 Å². The molecule has 3 nitrogen and oxygen atoms in total. The molecule has 2 aliphatic rings. The third-order valence-corrected chi connectivity index (χ3v) is 4.30. The summed E-state index contributed by atoms with van der Waals surface area (Å²) in [5, 5.41) is 3.52. The van der Waals surface area contributed by atoms with Crippen LogP contribution in [-0.2, 0) is 6.42 Å². The van der Waals surface area contributed by atoms with E-state index in [1.54, 1.807) is 0 Å². The summed E-state index contributed by atoms with van der Waals surface area (Å²) in [6.07, 6.45) is 3.76. The Morgan fingerprint density at radius 2 is 2.22 bits per heavy atom. The lowest BCUT2D eigenvalue weighted by Crippen LogP contribution is -2.32. The monoisotopic (exact) mass is 245 g/mol. The zero-order valence-electron chi connectivity index (χ0n) is 11.4. The van der Waals surface area contributed by atoms with Gasteiger partial charge in [0.2, 0.25) is 0 Å². The summed E-state index contributed by atoms with van der Waals surface area (Å²) in [5.74, 6) is 0. The number of hydrogen-bond donors (Lipinski definition) is 1. The number of benzene rings is 1. The van der Waals surface area contributed by atoms with Gasteiger partial charge in [0, 0.05) is 37.1 Å². The number of fused-ring (bicyclic) bond motifs is 1. The molecule has 0 radical (unpaired) electrons. The summed E-state index contributed by atoms with van der Waals surface area (Å²) >= 11 is 0. The van der Waals surface area contributed by atoms with Gasteiger partial charge in [-0.3, -0.25) is 0 Å². The first-order valence-corrected chi connectivity index (χ1v) is 7.03. The fourth-order valence-electron chi connectivity index (χ4n) is 3.17. The van der Waals surface area contributed by atoms with Gasteiger partial charge in [-0.05, 0) is 51.1 Å². The Labute approximate surface area is 110 Å². The predicted octanol–water partition coefficient (Wildman–Crippen LogP) is 2.18. The molecule has 1 fully saturated rings. The van der Waals surface area contributed by atoms with E-state index in [0.717, 1.165) is 6.54 Å². The second-order valence-electron chi connectivity index (χ2n) is 5.69. The summed E-state index contributed by atoms with van der Waals surface area (Å²) in [6.45, 7) is 3.49. The quantitative estimate of drug-likeness (QED) is 0.861. The van der Waals surface area contributed by atoms with Gasteiger partial charge in [0.15, 0.2) is 0 Å². The average Bonchev–Trinajstić information content (AvgIpc) is 2.87. The van der Waals surface area contributed by atoms with E-state index in [2.05, 4.69) is 47.4 Å². The molecule has 1 aromatic rings. The van der Waals surface area contributed by atoms with Crippen molar-refractivity contribution in [2.45, 2.75) is 25.3 Å². The summed E-state index contributed by atoms with van der Waals surface area (Å²) in [7, 11) is 4.38. The first-order chi connectivity index (χ1) is 8.75. The highest BCUT2D eigenvalue weighted by molar-refractivity contribution is 5.68. The molecule has 1 aromatic carbocycles. The standard InChI is InChI=1S/C15H23N3/c1-17(2)12-8-10-18(11-12)15-7-3-6-14-13(15)5-4-9-16-14/h3,6-7,12,16H,4-5,8-11H2,1-2H3. The summed E-state index contributed by atoms with van der Waals surface area (Å²) in [5.41, 5.74) is 4.35. The molecule has 3 rings (SSSR count). The van der Waals surface area contributed by atoms with Crippen LogP contribution in [0.5, 0.6) is 0 Å². The van der Waals surface area contributed by atoms with Crippen molar-refractivity contribution in [3.63, 3.8) is 0 Å². The summed E-state index contributed by atoms with van der Waals surface area (Å²) in [4.78, 5) is 4.92. The third-order valence-electron chi connectivity index (χ3n) is 4.30. The van der Waals surface area contributed by atoms with E-state index in [1.807, 2.05) is 0 Å². The maximum Gasteiger partial charge on any atom is 0.0420 e. The van der Waals surface area contributed by atoms with Gasteiger partial charge in [0.25, 0.3) is 0 Å². The van der Waals surface area contributed by atoms with Crippen LogP contribution in [0.15, 0.2) is 18.2 Å². The molecule has 0 bridgehead atoms. The number of hydrogen-bond acceptors (Lipinski definition) is 3. The van der Waals surface area contributed by atoms with Crippen LogP contribution in [0.25, 0.3) is 0 Å². The molecule has 1 unspecified atom stereocenters. The topological polar surface area (TPSA) is 18.5 Å². The van der Waals surface area contributed by atoms with Crippen LogP contribution in [0.1, 0.15) is 18.4 Å². The molecule has 18 heavy (non-hydrogen) atoms. The van der Waals surface area contributed by atoms with Gasteiger partial charge in [-0.15, -0.1) is 0 Å². The fourth-order valence-corrected chi connectivity index (χ4v) is 3.17. The van der Waals surface area contributed by atoms with Gasteiger partial charge in [0.05, 0.1) is 0 Å². The van der Waals surface area contributed by atoms with Crippen molar-refractivity contribution < 1.29 is 0 Å². The molecule has 1 saturated heterocycles. The van der Waals surface area contributed by atoms with E-state index in [0.29, 0.717) is 6.04 Å². The van der Waals surface area contributed by atoms with Gasteiger partial charge in [-0.1, -0.05) is 6.07 Å². The Kier molecular flexibility index (Phi) is 3.16. The van der Waals surface area contributed by atoms with Crippen molar-refractivity contribution in [2.24, 2.45) is 0 Å². The Morgan fingerprint density at radius 3 is 3.00 bits per heavy atom. The largest absolute Gasteiger partial charge is 0.385 e. The molecule has 1 N–H and O–H groups in total. The minimum Gasteiger partial charge on any atom is -0.385 e. The Balaban J connectivity index is 1.85. The molecule has 0 amide bonds.